The molecule has 0 saturated carbocycles. The Balaban J connectivity index is 1.53. The monoisotopic (exact) mass is 383 g/mol. The first kappa shape index (κ1) is 19.3. The number of carbonyl (C=O) groups excluding carboxylic acids is 3. The molecule has 0 aliphatic carbocycles. The van der Waals surface area contributed by atoms with Crippen LogP contribution in [-0.2, 0) is 14.3 Å². The molecule has 1 aliphatic rings. The van der Waals surface area contributed by atoms with Crippen molar-refractivity contribution in [2.45, 2.75) is 6.42 Å². The van der Waals surface area contributed by atoms with Crippen LogP contribution in [0, 0.1) is 0 Å². The molecule has 1 aliphatic heterocycles. The molecule has 28 heavy (non-hydrogen) atoms. The molecule has 1 aromatic heterocycles. The first-order valence-electron chi connectivity index (χ1n) is 8.85. The largest absolute Gasteiger partial charge is 0.465 e. The predicted octanol–water partition coefficient (Wildman–Crippen LogP) is 0.941. The number of para-hydroxylation sites is 1. The van der Waals surface area contributed by atoms with Crippen LogP contribution in [0.2, 0.25) is 0 Å². The Hall–Kier alpha value is -3.49. The number of ether oxygens (including phenoxy) is 1. The number of benzene rings is 1. The van der Waals surface area contributed by atoms with Gasteiger partial charge in [-0.3, -0.25) is 9.59 Å². The van der Waals surface area contributed by atoms with Gasteiger partial charge in [-0.1, -0.05) is 12.1 Å². The van der Waals surface area contributed by atoms with Gasteiger partial charge in [-0.15, -0.1) is 0 Å². The molecule has 0 unspecified atom stereocenters. The Bertz CT molecular complexity index is 850. The topological polar surface area (TPSA) is 105 Å². The van der Waals surface area contributed by atoms with Gasteiger partial charge >= 0.3 is 5.97 Å². The molecule has 3 rings (SSSR count). The summed E-state index contributed by atoms with van der Waals surface area (Å²) in [6.07, 6.45) is 3.06. The molecular weight excluding hydrogens is 362 g/mol. The summed E-state index contributed by atoms with van der Waals surface area (Å²) in [7, 11) is 1.27. The summed E-state index contributed by atoms with van der Waals surface area (Å²) in [6, 6.07) is 8.25. The minimum Gasteiger partial charge on any atom is -0.465 e. The Kier molecular flexibility index (Phi) is 6.15. The van der Waals surface area contributed by atoms with Gasteiger partial charge in [0.1, 0.15) is 6.42 Å². The maximum atomic E-state index is 12.4. The molecule has 0 atom stereocenters. The summed E-state index contributed by atoms with van der Waals surface area (Å²) in [4.78, 5) is 48.5. The van der Waals surface area contributed by atoms with Crippen molar-refractivity contribution in [1.82, 2.24) is 14.9 Å². The van der Waals surface area contributed by atoms with Gasteiger partial charge in [-0.05, 0) is 18.2 Å². The molecule has 9 heteroatoms. The number of nitrogens with one attached hydrogen (secondary N) is 1. The number of methoxy groups -OCH3 is 1. The molecule has 0 bridgehead atoms. The van der Waals surface area contributed by atoms with Gasteiger partial charge in [0.25, 0.3) is 0 Å². The predicted molar refractivity (Wildman–Crippen MR) is 102 cm³/mol. The Morgan fingerprint density at radius 2 is 1.71 bits per heavy atom. The summed E-state index contributed by atoms with van der Waals surface area (Å²) in [5.74, 6) is -0.662. The third-order valence-electron chi connectivity index (χ3n) is 4.39. The highest BCUT2D eigenvalue weighted by Gasteiger charge is 2.24. The second-order valence-corrected chi connectivity index (χ2v) is 6.18. The van der Waals surface area contributed by atoms with Crippen LogP contribution < -0.4 is 10.2 Å². The van der Waals surface area contributed by atoms with E-state index in [1.807, 2.05) is 4.90 Å². The Morgan fingerprint density at radius 3 is 2.39 bits per heavy atom. The van der Waals surface area contributed by atoms with Crippen LogP contribution in [0.25, 0.3) is 0 Å². The first-order valence-corrected chi connectivity index (χ1v) is 8.85. The highest BCUT2D eigenvalue weighted by molar-refractivity contribution is 6.06. The van der Waals surface area contributed by atoms with Crippen LogP contribution in [0.5, 0.6) is 0 Å². The minimum absolute atomic E-state index is 0.238. The molecule has 9 nitrogen and oxygen atoms in total. The summed E-state index contributed by atoms with van der Waals surface area (Å²) < 4.78 is 4.70. The van der Waals surface area contributed by atoms with Crippen molar-refractivity contribution in [2.75, 3.05) is 43.5 Å². The average molecular weight is 383 g/mol. The Labute approximate surface area is 162 Å². The normalized spacial score (nSPS) is 13.8. The number of hydrogen-bond acceptors (Lipinski definition) is 7. The first-order chi connectivity index (χ1) is 13.6. The molecule has 2 amide bonds. The summed E-state index contributed by atoms with van der Waals surface area (Å²) in [5.41, 5.74) is 0.556. The number of anilines is 2. The van der Waals surface area contributed by atoms with Crippen molar-refractivity contribution in [2.24, 2.45) is 0 Å². The van der Waals surface area contributed by atoms with Gasteiger partial charge < -0.3 is 19.9 Å². The van der Waals surface area contributed by atoms with E-state index < -0.39 is 11.9 Å². The number of carbonyl (C=O) groups is 3. The van der Waals surface area contributed by atoms with Crippen molar-refractivity contribution in [3.63, 3.8) is 0 Å². The summed E-state index contributed by atoms with van der Waals surface area (Å²) >= 11 is 0. The molecule has 1 fully saturated rings. The van der Waals surface area contributed by atoms with E-state index in [4.69, 9.17) is 4.74 Å². The second-order valence-electron chi connectivity index (χ2n) is 6.18. The zero-order valence-corrected chi connectivity index (χ0v) is 15.5. The lowest BCUT2D eigenvalue weighted by atomic mass is 10.1. The quantitative estimate of drug-likeness (QED) is 0.605. The van der Waals surface area contributed by atoms with Crippen molar-refractivity contribution in [3.8, 4) is 0 Å². The lowest BCUT2D eigenvalue weighted by Gasteiger charge is -2.34. The SMILES string of the molecule is COC(=O)c1ccccc1NC(=O)CC(=O)N1CCN(c2ncccn2)CC1. The smallest absolute Gasteiger partial charge is 0.339 e. The maximum absolute atomic E-state index is 12.4. The average Bonchev–Trinajstić information content (AvgIpc) is 2.74. The molecule has 1 aromatic carbocycles. The molecule has 0 radical (unpaired) electrons. The maximum Gasteiger partial charge on any atom is 0.339 e. The van der Waals surface area contributed by atoms with Gasteiger partial charge in [-0.25, -0.2) is 14.8 Å². The van der Waals surface area contributed by atoms with Crippen molar-refractivity contribution in [1.29, 1.82) is 0 Å². The number of rotatable bonds is 5. The van der Waals surface area contributed by atoms with Crippen LogP contribution in [0.15, 0.2) is 42.7 Å². The van der Waals surface area contributed by atoms with Gasteiger partial charge in [0.05, 0.1) is 18.4 Å². The molecular formula is C19H21N5O4. The van der Waals surface area contributed by atoms with Crippen molar-refractivity contribution >= 4 is 29.4 Å². The number of amides is 2. The van der Waals surface area contributed by atoms with E-state index >= 15 is 0 Å². The van der Waals surface area contributed by atoms with Crippen molar-refractivity contribution < 1.29 is 19.1 Å². The van der Waals surface area contributed by atoms with E-state index in [0.717, 1.165) is 0 Å². The van der Waals surface area contributed by atoms with Crippen LogP contribution in [0.4, 0.5) is 11.6 Å². The van der Waals surface area contributed by atoms with Gasteiger partial charge in [0.2, 0.25) is 17.8 Å². The summed E-state index contributed by atoms with van der Waals surface area (Å²) in [5, 5.41) is 2.61. The molecule has 2 heterocycles. The fourth-order valence-corrected chi connectivity index (χ4v) is 2.93. The van der Waals surface area contributed by atoms with E-state index in [2.05, 4.69) is 15.3 Å². The van der Waals surface area contributed by atoms with E-state index in [1.54, 1.807) is 47.6 Å². The van der Waals surface area contributed by atoms with Crippen LogP contribution in [-0.4, -0.2) is 65.9 Å². The van der Waals surface area contributed by atoms with Crippen LogP contribution >= 0.6 is 0 Å². The van der Waals surface area contributed by atoms with Gasteiger partial charge in [0.15, 0.2) is 0 Å². The van der Waals surface area contributed by atoms with Crippen LogP contribution in [0.1, 0.15) is 16.8 Å². The standard InChI is InChI=1S/C19H21N5O4/c1-28-18(27)14-5-2-3-6-15(14)22-16(25)13-17(26)23-9-11-24(12-10-23)19-20-7-4-8-21-19/h2-8H,9-13H2,1H3,(H,22,25). The Morgan fingerprint density at radius 1 is 1.04 bits per heavy atom. The lowest BCUT2D eigenvalue weighted by molar-refractivity contribution is -0.134. The third-order valence-corrected chi connectivity index (χ3v) is 4.39. The molecule has 146 valence electrons. The molecule has 2 aromatic rings. The number of esters is 1. The minimum atomic E-state index is -0.554. The molecule has 1 N–H and O–H groups in total. The van der Waals surface area contributed by atoms with Crippen molar-refractivity contribution in [3.05, 3.63) is 48.3 Å². The zero-order chi connectivity index (χ0) is 19.9. The van der Waals surface area contributed by atoms with E-state index in [9.17, 15) is 14.4 Å². The highest BCUT2D eigenvalue weighted by atomic mass is 16.5. The van der Waals surface area contributed by atoms with Gasteiger partial charge in [0, 0.05) is 38.6 Å². The van der Waals surface area contributed by atoms with E-state index in [1.165, 1.54) is 7.11 Å². The summed E-state index contributed by atoms with van der Waals surface area (Å²) in [6.45, 7) is 2.18. The van der Waals surface area contributed by atoms with Crippen LogP contribution in [0.3, 0.4) is 0 Å². The number of hydrogen-bond donors (Lipinski definition) is 1. The lowest BCUT2D eigenvalue weighted by Crippen LogP contribution is -2.49. The molecule has 0 spiro atoms. The zero-order valence-electron chi connectivity index (χ0n) is 15.5. The fraction of sp³-hybridized carbons (Fsp3) is 0.316. The third kappa shape index (κ3) is 4.61. The number of nitrogens with zero attached hydrogens (tertiary/aromatic N) is 4. The number of piperazine rings is 1. The van der Waals surface area contributed by atoms with E-state index in [0.29, 0.717) is 37.8 Å². The van der Waals surface area contributed by atoms with E-state index in [-0.39, 0.29) is 17.9 Å². The molecule has 1 saturated heterocycles. The fourth-order valence-electron chi connectivity index (χ4n) is 2.93. The highest BCUT2D eigenvalue weighted by Crippen LogP contribution is 2.17. The number of aromatic nitrogens is 2. The van der Waals surface area contributed by atoms with Gasteiger partial charge in [-0.2, -0.15) is 0 Å². The second kappa shape index (κ2) is 8.94.